The Morgan fingerprint density at radius 1 is 1.16 bits per heavy atom. The van der Waals surface area contributed by atoms with Crippen LogP contribution in [0, 0.1) is 5.82 Å². The fourth-order valence-corrected chi connectivity index (χ4v) is 3.49. The number of hydrogen-bond donors (Lipinski definition) is 1. The first kappa shape index (κ1) is 18.7. The van der Waals surface area contributed by atoms with Crippen LogP contribution in [0.3, 0.4) is 0 Å². The summed E-state index contributed by atoms with van der Waals surface area (Å²) >= 11 is 0. The number of benzene rings is 2. The lowest BCUT2D eigenvalue weighted by atomic mass is 10.2. The second kappa shape index (κ2) is 7.52. The Bertz CT molecular complexity index is 1420. The van der Waals surface area contributed by atoms with Gasteiger partial charge in [-0.05, 0) is 35.9 Å². The monoisotopic (exact) mass is 416 g/mol. The molecule has 0 saturated heterocycles. The molecule has 0 radical (unpaired) electrons. The molecular weight excluding hydrogens is 399 g/mol. The highest BCUT2D eigenvalue weighted by Crippen LogP contribution is 2.29. The van der Waals surface area contributed by atoms with Gasteiger partial charge in [-0.3, -0.25) is 9.48 Å². The van der Waals surface area contributed by atoms with Crippen LogP contribution in [-0.2, 0) is 11.3 Å². The van der Waals surface area contributed by atoms with Gasteiger partial charge in [0.1, 0.15) is 17.7 Å². The fraction of sp³-hybridized carbons (Fsp3) is 0.0909. The van der Waals surface area contributed by atoms with E-state index in [1.165, 1.54) is 25.4 Å². The molecule has 2 aromatic carbocycles. The van der Waals surface area contributed by atoms with E-state index in [1.54, 1.807) is 29.0 Å². The second-order valence-electron chi connectivity index (χ2n) is 7.01. The van der Waals surface area contributed by atoms with Crippen molar-refractivity contribution in [2.24, 2.45) is 0 Å². The molecule has 5 aromatic rings. The molecule has 0 spiro atoms. The van der Waals surface area contributed by atoms with Gasteiger partial charge in [-0.25, -0.2) is 13.9 Å². The van der Waals surface area contributed by atoms with Crippen molar-refractivity contribution in [3.63, 3.8) is 0 Å². The molecule has 5 rings (SSSR count). The molecule has 0 unspecified atom stereocenters. The molecule has 1 N–H and O–H groups in total. The Kier molecular flexibility index (Phi) is 4.55. The van der Waals surface area contributed by atoms with Crippen LogP contribution < -0.4 is 10.1 Å². The van der Waals surface area contributed by atoms with Gasteiger partial charge >= 0.3 is 5.97 Å². The molecule has 0 fully saturated rings. The van der Waals surface area contributed by atoms with Gasteiger partial charge in [-0.1, -0.05) is 12.1 Å². The maximum atomic E-state index is 13.5. The van der Waals surface area contributed by atoms with Crippen LogP contribution >= 0.6 is 0 Å². The van der Waals surface area contributed by atoms with E-state index in [1.807, 2.05) is 28.9 Å². The Morgan fingerprint density at radius 3 is 2.90 bits per heavy atom. The van der Waals surface area contributed by atoms with Crippen LogP contribution in [-0.4, -0.2) is 30.3 Å². The summed E-state index contributed by atoms with van der Waals surface area (Å²) in [5.74, 6) is 0.187. The third kappa shape index (κ3) is 3.68. The number of esters is 1. The van der Waals surface area contributed by atoms with Gasteiger partial charge in [0, 0.05) is 30.3 Å². The second-order valence-corrected chi connectivity index (χ2v) is 7.01. The van der Waals surface area contributed by atoms with Gasteiger partial charge in [0.25, 0.3) is 0 Å². The molecule has 0 bridgehead atoms. The molecule has 0 saturated carbocycles. The predicted octanol–water partition coefficient (Wildman–Crippen LogP) is 3.94. The topological polar surface area (TPSA) is 86.3 Å². The summed E-state index contributed by atoms with van der Waals surface area (Å²) in [4.78, 5) is 15.7. The van der Waals surface area contributed by atoms with Crippen LogP contribution in [0.4, 0.5) is 15.9 Å². The number of carbonyl (C=O) groups is 1. The maximum absolute atomic E-state index is 13.5. The average Bonchev–Trinajstić information content (AvgIpc) is 3.32. The van der Waals surface area contributed by atoms with E-state index in [9.17, 15) is 9.18 Å². The zero-order valence-electron chi connectivity index (χ0n) is 16.5. The summed E-state index contributed by atoms with van der Waals surface area (Å²) in [7, 11) is 0. The minimum Gasteiger partial charge on any atom is -0.424 e. The standard InChI is InChI=1S/C22H17FN6O2/c1-14(30)31-20-7-8-28-21(20)22(24-13-26-28)27-18-5-6-19-16(10-18)11-25-29(19)12-15-3-2-4-17(23)9-15/h2-11,13H,12H2,1H3,(H,24,26,27). The molecule has 154 valence electrons. The molecule has 0 aliphatic heterocycles. The molecular formula is C22H17FN6O2. The summed E-state index contributed by atoms with van der Waals surface area (Å²) < 4.78 is 22.2. The number of carbonyl (C=O) groups excluding carboxylic acids is 1. The maximum Gasteiger partial charge on any atom is 0.308 e. The summed E-state index contributed by atoms with van der Waals surface area (Å²) in [6.07, 6.45) is 4.87. The number of nitrogens with zero attached hydrogens (tertiary/aromatic N) is 5. The van der Waals surface area contributed by atoms with E-state index >= 15 is 0 Å². The molecule has 3 heterocycles. The zero-order valence-corrected chi connectivity index (χ0v) is 16.5. The molecule has 31 heavy (non-hydrogen) atoms. The van der Waals surface area contributed by atoms with Gasteiger partial charge in [-0.15, -0.1) is 0 Å². The van der Waals surface area contributed by atoms with Crippen molar-refractivity contribution in [1.82, 2.24) is 24.4 Å². The molecule has 9 heteroatoms. The van der Waals surface area contributed by atoms with Crippen LogP contribution in [0.5, 0.6) is 5.75 Å². The van der Waals surface area contributed by atoms with E-state index in [4.69, 9.17) is 4.74 Å². The third-order valence-corrected chi connectivity index (χ3v) is 4.80. The number of halogens is 1. The van der Waals surface area contributed by atoms with Crippen molar-refractivity contribution < 1.29 is 13.9 Å². The quantitative estimate of drug-likeness (QED) is 0.437. The normalized spacial score (nSPS) is 11.2. The first-order valence-corrected chi connectivity index (χ1v) is 9.54. The van der Waals surface area contributed by atoms with E-state index in [0.29, 0.717) is 23.6 Å². The molecule has 0 aliphatic carbocycles. The van der Waals surface area contributed by atoms with Crippen LogP contribution in [0.15, 0.2) is 67.3 Å². The number of aromatic nitrogens is 5. The van der Waals surface area contributed by atoms with Crippen LogP contribution in [0.1, 0.15) is 12.5 Å². The minimum absolute atomic E-state index is 0.268. The number of nitrogens with one attached hydrogen (secondary N) is 1. The lowest BCUT2D eigenvalue weighted by Gasteiger charge is -2.09. The van der Waals surface area contributed by atoms with Crippen LogP contribution in [0.2, 0.25) is 0 Å². The fourth-order valence-electron chi connectivity index (χ4n) is 3.49. The van der Waals surface area contributed by atoms with Gasteiger partial charge in [-0.2, -0.15) is 10.2 Å². The molecule has 0 atom stereocenters. The number of hydrogen-bond acceptors (Lipinski definition) is 6. The van der Waals surface area contributed by atoms with E-state index in [0.717, 1.165) is 22.2 Å². The summed E-state index contributed by atoms with van der Waals surface area (Å²) in [5, 5.41) is 12.8. The highest BCUT2D eigenvalue weighted by atomic mass is 19.1. The summed E-state index contributed by atoms with van der Waals surface area (Å²) in [6.45, 7) is 1.81. The lowest BCUT2D eigenvalue weighted by Crippen LogP contribution is -2.04. The predicted molar refractivity (Wildman–Crippen MR) is 113 cm³/mol. The van der Waals surface area contributed by atoms with E-state index in [-0.39, 0.29) is 5.82 Å². The minimum atomic E-state index is -0.421. The number of fused-ring (bicyclic) bond motifs is 2. The Labute approximate surface area is 175 Å². The number of ether oxygens (including phenoxy) is 1. The van der Waals surface area contributed by atoms with Crippen LogP contribution in [0.25, 0.3) is 16.4 Å². The first-order chi connectivity index (χ1) is 15.1. The van der Waals surface area contributed by atoms with Gasteiger partial charge in [0.05, 0.1) is 18.3 Å². The molecule has 8 nitrogen and oxygen atoms in total. The first-order valence-electron chi connectivity index (χ1n) is 9.54. The molecule has 0 amide bonds. The van der Waals surface area contributed by atoms with Crippen molar-refractivity contribution in [1.29, 1.82) is 0 Å². The molecule has 3 aromatic heterocycles. The van der Waals surface area contributed by atoms with Crippen molar-refractivity contribution in [2.75, 3.05) is 5.32 Å². The zero-order chi connectivity index (χ0) is 21.4. The summed E-state index contributed by atoms with van der Waals surface area (Å²) in [5.41, 5.74) is 3.10. The van der Waals surface area contributed by atoms with E-state index < -0.39 is 5.97 Å². The van der Waals surface area contributed by atoms with Gasteiger partial charge < -0.3 is 10.1 Å². The van der Waals surface area contributed by atoms with Crippen molar-refractivity contribution in [2.45, 2.75) is 13.5 Å². The van der Waals surface area contributed by atoms with E-state index in [2.05, 4.69) is 20.5 Å². The van der Waals surface area contributed by atoms with Crippen molar-refractivity contribution >= 4 is 33.9 Å². The smallest absolute Gasteiger partial charge is 0.308 e. The Morgan fingerprint density at radius 2 is 2.06 bits per heavy atom. The summed E-state index contributed by atoms with van der Waals surface area (Å²) in [6, 6.07) is 13.9. The van der Waals surface area contributed by atoms with Crippen molar-refractivity contribution in [3.8, 4) is 5.75 Å². The Hall–Kier alpha value is -4.27. The largest absolute Gasteiger partial charge is 0.424 e. The van der Waals surface area contributed by atoms with Crippen molar-refractivity contribution in [3.05, 3.63) is 78.6 Å². The number of rotatable bonds is 5. The molecule has 0 aliphatic rings. The average molecular weight is 416 g/mol. The Balaban J connectivity index is 1.46. The lowest BCUT2D eigenvalue weighted by molar-refractivity contribution is -0.131. The van der Waals surface area contributed by atoms with Gasteiger partial charge in [0.15, 0.2) is 11.6 Å². The number of anilines is 2. The highest BCUT2D eigenvalue weighted by molar-refractivity contribution is 5.86. The third-order valence-electron chi connectivity index (χ3n) is 4.80. The highest BCUT2D eigenvalue weighted by Gasteiger charge is 2.14. The SMILES string of the molecule is CC(=O)Oc1ccn2ncnc(Nc3ccc4c(cnn4Cc4cccc(F)c4)c3)c12. The van der Waals surface area contributed by atoms with Gasteiger partial charge in [0.2, 0.25) is 0 Å².